The normalized spacial score (nSPS) is 14.6. The fraction of sp³-hybridized carbons (Fsp3) is 0. The first-order chi connectivity index (χ1) is 7.11. The Morgan fingerprint density at radius 1 is 1.33 bits per heavy atom. The summed E-state index contributed by atoms with van der Waals surface area (Å²) >= 11 is 2.89. The summed E-state index contributed by atoms with van der Waals surface area (Å²) in [5, 5.41) is 13.7. The fourth-order valence-electron chi connectivity index (χ4n) is 0.617. The Kier molecular flexibility index (Phi) is 4.82. The average Bonchev–Trinajstić information content (AvgIpc) is 2.76. The topological polar surface area (TPSA) is 84.6 Å². The molecule has 0 aromatic carbocycles. The zero-order valence-corrected chi connectivity index (χ0v) is 9.98. The molecule has 0 saturated heterocycles. The second-order valence-electron chi connectivity index (χ2n) is 2.30. The number of nitrogens with one attached hydrogen (secondary N) is 1. The van der Waals surface area contributed by atoms with Gasteiger partial charge in [0.05, 0.1) is 0 Å². The first-order valence-electron chi connectivity index (χ1n) is 3.75. The largest absolute Gasteiger partial charge is 0.257 e. The quantitative estimate of drug-likeness (QED) is 0.686. The minimum atomic E-state index is -3.64. The highest BCUT2D eigenvalue weighted by Gasteiger charge is 2.11. The lowest BCUT2D eigenvalue weighted by molar-refractivity contribution is 0.608. The molecule has 0 radical (unpaired) electrons. The lowest BCUT2D eigenvalue weighted by Gasteiger charge is -2.02. The van der Waals surface area contributed by atoms with Crippen LogP contribution in [0.4, 0.5) is 0 Å². The SMILES string of the molecule is NS(=O)(=O)C1=NNSC=C1.c1ccsc1. The predicted molar refractivity (Wildman–Crippen MR) is 64.7 cm³/mol. The van der Waals surface area contributed by atoms with Crippen molar-refractivity contribution < 1.29 is 8.42 Å². The number of hydrazone groups is 1. The molecule has 5 nitrogen and oxygen atoms in total. The smallest absolute Gasteiger partial charge is 0.246 e. The van der Waals surface area contributed by atoms with E-state index in [9.17, 15) is 8.42 Å². The second-order valence-corrected chi connectivity index (χ2v) is 5.32. The van der Waals surface area contributed by atoms with E-state index in [2.05, 4.69) is 9.93 Å². The molecule has 1 aromatic rings. The second kappa shape index (κ2) is 5.91. The van der Waals surface area contributed by atoms with Crippen LogP contribution in [0.25, 0.3) is 0 Å². The fourth-order valence-corrected chi connectivity index (χ4v) is 2.05. The Hall–Kier alpha value is -0.830. The van der Waals surface area contributed by atoms with E-state index in [1.807, 2.05) is 22.9 Å². The van der Waals surface area contributed by atoms with Crippen LogP contribution in [0.5, 0.6) is 0 Å². The highest BCUT2D eigenvalue weighted by Crippen LogP contribution is 2.03. The Bertz CT molecular complexity index is 419. The summed E-state index contributed by atoms with van der Waals surface area (Å²) in [7, 11) is -3.64. The van der Waals surface area contributed by atoms with Crippen LogP contribution in [0.3, 0.4) is 0 Å². The van der Waals surface area contributed by atoms with Gasteiger partial charge in [-0.15, -0.1) is 0 Å². The third-order valence-corrected chi connectivity index (χ3v) is 3.11. The summed E-state index contributed by atoms with van der Waals surface area (Å²) in [6, 6.07) is 4.04. The molecule has 2 rings (SSSR count). The standard InChI is InChI=1S/C4H4S.C3H5N3O2S2/c1-2-4-5-3-1;4-10(7,8)3-1-2-9-6-5-3/h1-4H;1-2,6H,(H2,4,7,8). The molecular formula is C7H9N3O2S3. The minimum Gasteiger partial charge on any atom is -0.246 e. The summed E-state index contributed by atoms with van der Waals surface area (Å²) in [5.74, 6) is 0. The van der Waals surface area contributed by atoms with Crippen LogP contribution >= 0.6 is 23.3 Å². The van der Waals surface area contributed by atoms with E-state index < -0.39 is 10.0 Å². The molecule has 0 atom stereocenters. The molecule has 0 spiro atoms. The van der Waals surface area contributed by atoms with Gasteiger partial charge < -0.3 is 0 Å². The van der Waals surface area contributed by atoms with Crippen LogP contribution in [0.2, 0.25) is 0 Å². The van der Waals surface area contributed by atoms with Gasteiger partial charge in [-0.1, -0.05) is 12.1 Å². The van der Waals surface area contributed by atoms with Crippen LogP contribution in [-0.4, -0.2) is 13.5 Å². The Morgan fingerprint density at radius 3 is 2.27 bits per heavy atom. The van der Waals surface area contributed by atoms with E-state index >= 15 is 0 Å². The molecule has 1 aromatic heterocycles. The number of nitrogens with zero attached hydrogens (tertiary/aromatic N) is 1. The van der Waals surface area contributed by atoms with Crippen molar-refractivity contribution in [3.8, 4) is 0 Å². The zero-order valence-electron chi connectivity index (χ0n) is 7.53. The monoisotopic (exact) mass is 263 g/mol. The van der Waals surface area contributed by atoms with Crippen molar-refractivity contribution in [2.24, 2.45) is 10.2 Å². The number of thiophene rings is 1. The zero-order chi connectivity index (χ0) is 11.1. The van der Waals surface area contributed by atoms with Gasteiger partial charge in [-0.2, -0.15) is 16.4 Å². The molecular weight excluding hydrogens is 254 g/mol. The van der Waals surface area contributed by atoms with Gasteiger partial charge in [0.1, 0.15) is 0 Å². The predicted octanol–water partition coefficient (Wildman–Crippen LogP) is 1.10. The average molecular weight is 263 g/mol. The molecule has 1 aliphatic heterocycles. The summed E-state index contributed by atoms with van der Waals surface area (Å²) in [4.78, 5) is 2.40. The summed E-state index contributed by atoms with van der Waals surface area (Å²) in [5.41, 5.74) is 0. The molecule has 8 heteroatoms. The number of sulfonamides is 1. The van der Waals surface area contributed by atoms with Crippen molar-refractivity contribution in [3.63, 3.8) is 0 Å². The third kappa shape index (κ3) is 4.98. The van der Waals surface area contributed by atoms with Crippen molar-refractivity contribution in [3.05, 3.63) is 34.4 Å². The Morgan fingerprint density at radius 2 is 2.00 bits per heavy atom. The van der Waals surface area contributed by atoms with Crippen LogP contribution < -0.4 is 9.97 Å². The molecule has 2 heterocycles. The van der Waals surface area contributed by atoms with Crippen LogP contribution in [-0.2, 0) is 10.0 Å². The summed E-state index contributed by atoms with van der Waals surface area (Å²) < 4.78 is 21.1. The molecule has 15 heavy (non-hydrogen) atoms. The van der Waals surface area contributed by atoms with Gasteiger partial charge >= 0.3 is 0 Å². The van der Waals surface area contributed by atoms with E-state index in [1.165, 1.54) is 18.0 Å². The van der Waals surface area contributed by atoms with Gasteiger partial charge in [-0.25, -0.2) is 18.4 Å². The van der Waals surface area contributed by atoms with Crippen LogP contribution in [0.15, 0.2) is 39.5 Å². The molecule has 0 bridgehead atoms. The summed E-state index contributed by atoms with van der Waals surface area (Å²) in [6.07, 6.45) is 1.33. The van der Waals surface area contributed by atoms with Crippen molar-refractivity contribution in [1.82, 2.24) is 4.83 Å². The van der Waals surface area contributed by atoms with Gasteiger partial charge in [0.15, 0.2) is 5.04 Å². The molecule has 0 amide bonds. The number of primary sulfonamides is 1. The number of hydrogen-bond donors (Lipinski definition) is 2. The molecule has 0 saturated carbocycles. The maximum atomic E-state index is 10.5. The van der Waals surface area contributed by atoms with Gasteiger partial charge in [0.2, 0.25) is 0 Å². The number of rotatable bonds is 0. The maximum absolute atomic E-state index is 10.5. The first kappa shape index (κ1) is 12.2. The van der Waals surface area contributed by atoms with E-state index in [0.717, 1.165) is 0 Å². The Balaban J connectivity index is 0.000000187. The van der Waals surface area contributed by atoms with Gasteiger partial charge in [-0.3, -0.25) is 0 Å². The molecule has 3 N–H and O–H groups in total. The van der Waals surface area contributed by atoms with Gasteiger partial charge in [-0.05, 0) is 34.2 Å². The molecule has 82 valence electrons. The highest BCUT2D eigenvalue weighted by molar-refractivity contribution is 8.05. The van der Waals surface area contributed by atoms with E-state index in [4.69, 9.17) is 5.14 Å². The maximum Gasteiger partial charge on any atom is 0.257 e. The Labute approximate surface area is 96.3 Å². The van der Waals surface area contributed by atoms with Crippen molar-refractivity contribution >= 4 is 38.4 Å². The lowest BCUT2D eigenvalue weighted by atomic mass is 10.7. The van der Waals surface area contributed by atoms with Gasteiger partial charge in [0.25, 0.3) is 10.0 Å². The lowest BCUT2D eigenvalue weighted by Crippen LogP contribution is -2.24. The first-order valence-corrected chi connectivity index (χ1v) is 7.12. The van der Waals surface area contributed by atoms with E-state index in [-0.39, 0.29) is 5.04 Å². The van der Waals surface area contributed by atoms with Crippen molar-refractivity contribution in [2.75, 3.05) is 0 Å². The van der Waals surface area contributed by atoms with E-state index in [0.29, 0.717) is 0 Å². The summed E-state index contributed by atoms with van der Waals surface area (Å²) in [6.45, 7) is 0. The molecule has 1 aliphatic rings. The van der Waals surface area contributed by atoms with Gasteiger partial charge in [0, 0.05) is 0 Å². The highest BCUT2D eigenvalue weighted by atomic mass is 32.2. The van der Waals surface area contributed by atoms with Crippen molar-refractivity contribution in [2.45, 2.75) is 0 Å². The third-order valence-electron chi connectivity index (χ3n) is 1.20. The number of nitrogens with two attached hydrogens (primary N) is 1. The van der Waals surface area contributed by atoms with Crippen LogP contribution in [0, 0.1) is 0 Å². The minimum absolute atomic E-state index is 0.147. The molecule has 0 unspecified atom stereocenters. The molecule has 0 fully saturated rings. The molecule has 0 aliphatic carbocycles. The van der Waals surface area contributed by atoms with E-state index in [1.54, 1.807) is 16.7 Å². The number of hydrogen-bond acceptors (Lipinski definition) is 6. The van der Waals surface area contributed by atoms with Crippen LogP contribution in [0.1, 0.15) is 0 Å². The van der Waals surface area contributed by atoms with Crippen molar-refractivity contribution in [1.29, 1.82) is 0 Å².